The average Bonchev–Trinajstić information content (AvgIpc) is 2.29. The molecule has 94 valence electrons. The lowest BCUT2D eigenvalue weighted by atomic mass is 9.81. The predicted octanol–water partition coefficient (Wildman–Crippen LogP) is 2.17. The van der Waals surface area contributed by atoms with Crippen LogP contribution >= 0.6 is 0 Å². The molecule has 4 heteroatoms. The molecule has 1 aromatic heterocycles. The summed E-state index contributed by atoms with van der Waals surface area (Å²) in [5.74, 6) is 1.73. The van der Waals surface area contributed by atoms with E-state index in [9.17, 15) is 0 Å². The summed E-state index contributed by atoms with van der Waals surface area (Å²) in [4.78, 5) is 8.74. The van der Waals surface area contributed by atoms with Gasteiger partial charge in [0.2, 0.25) is 0 Å². The number of nitrogens with two attached hydrogens (primary N) is 1. The molecule has 1 saturated carbocycles. The van der Waals surface area contributed by atoms with Crippen molar-refractivity contribution in [2.24, 2.45) is 5.73 Å². The topological polar surface area (TPSA) is 63.8 Å². The molecular formula is C13H22N4. The van der Waals surface area contributed by atoms with Crippen molar-refractivity contribution in [3.63, 3.8) is 0 Å². The molecule has 0 atom stereocenters. The van der Waals surface area contributed by atoms with Gasteiger partial charge in [0, 0.05) is 18.3 Å². The molecule has 0 amide bonds. The van der Waals surface area contributed by atoms with E-state index in [1.54, 1.807) is 0 Å². The van der Waals surface area contributed by atoms with Crippen LogP contribution in [-0.2, 0) is 0 Å². The van der Waals surface area contributed by atoms with Crippen LogP contribution in [0.2, 0.25) is 0 Å². The van der Waals surface area contributed by atoms with E-state index < -0.39 is 0 Å². The zero-order valence-corrected chi connectivity index (χ0v) is 10.8. The maximum Gasteiger partial charge on any atom is 0.130 e. The maximum atomic E-state index is 5.96. The molecule has 4 nitrogen and oxygen atoms in total. The third kappa shape index (κ3) is 2.94. The van der Waals surface area contributed by atoms with E-state index >= 15 is 0 Å². The van der Waals surface area contributed by atoms with Crippen LogP contribution in [0, 0.1) is 13.8 Å². The predicted molar refractivity (Wildman–Crippen MR) is 70.0 cm³/mol. The highest BCUT2D eigenvalue weighted by Gasteiger charge is 2.30. The van der Waals surface area contributed by atoms with Crippen molar-refractivity contribution in [3.8, 4) is 0 Å². The molecule has 0 radical (unpaired) electrons. The highest BCUT2D eigenvalue weighted by atomic mass is 15.1. The molecule has 0 bridgehead atoms. The summed E-state index contributed by atoms with van der Waals surface area (Å²) < 4.78 is 0. The summed E-state index contributed by atoms with van der Waals surface area (Å²) in [5.41, 5.74) is 7.01. The number of rotatable bonds is 3. The Labute approximate surface area is 103 Å². The molecule has 1 aliphatic carbocycles. The first-order valence-corrected chi connectivity index (χ1v) is 6.44. The molecule has 0 aliphatic heterocycles. The van der Waals surface area contributed by atoms with Crippen LogP contribution in [0.25, 0.3) is 0 Å². The zero-order valence-electron chi connectivity index (χ0n) is 10.8. The monoisotopic (exact) mass is 234 g/mol. The van der Waals surface area contributed by atoms with Gasteiger partial charge in [0.25, 0.3) is 0 Å². The summed E-state index contributed by atoms with van der Waals surface area (Å²) in [6, 6.07) is 2.00. The van der Waals surface area contributed by atoms with E-state index in [0.717, 1.165) is 30.2 Å². The SMILES string of the molecule is Cc1cc(NC2(CN)CCCCC2)nc(C)n1. The van der Waals surface area contributed by atoms with Crippen molar-refractivity contribution in [1.29, 1.82) is 0 Å². The zero-order chi connectivity index (χ0) is 12.3. The van der Waals surface area contributed by atoms with Crippen LogP contribution in [0.4, 0.5) is 5.82 Å². The van der Waals surface area contributed by atoms with E-state index in [1.165, 1.54) is 19.3 Å². The van der Waals surface area contributed by atoms with Gasteiger partial charge in [0.15, 0.2) is 0 Å². The van der Waals surface area contributed by atoms with Crippen molar-refractivity contribution in [3.05, 3.63) is 17.6 Å². The average molecular weight is 234 g/mol. The van der Waals surface area contributed by atoms with Crippen LogP contribution < -0.4 is 11.1 Å². The lowest BCUT2D eigenvalue weighted by molar-refractivity contribution is 0.330. The van der Waals surface area contributed by atoms with Crippen LogP contribution in [0.5, 0.6) is 0 Å². The Morgan fingerprint density at radius 3 is 2.53 bits per heavy atom. The summed E-state index contributed by atoms with van der Waals surface area (Å²) in [5, 5.41) is 3.55. The summed E-state index contributed by atoms with van der Waals surface area (Å²) in [7, 11) is 0. The van der Waals surface area contributed by atoms with Gasteiger partial charge in [-0.3, -0.25) is 0 Å². The van der Waals surface area contributed by atoms with Crippen molar-refractivity contribution in [2.75, 3.05) is 11.9 Å². The molecule has 17 heavy (non-hydrogen) atoms. The lowest BCUT2D eigenvalue weighted by Gasteiger charge is -2.37. The van der Waals surface area contributed by atoms with Crippen LogP contribution in [0.15, 0.2) is 6.07 Å². The van der Waals surface area contributed by atoms with Crippen LogP contribution in [0.3, 0.4) is 0 Å². The third-order valence-electron chi connectivity index (χ3n) is 3.56. The summed E-state index contributed by atoms with van der Waals surface area (Å²) in [6.45, 7) is 4.60. The Morgan fingerprint density at radius 1 is 1.24 bits per heavy atom. The van der Waals surface area contributed by atoms with E-state index in [0.29, 0.717) is 6.54 Å². The van der Waals surface area contributed by atoms with Gasteiger partial charge in [0.05, 0.1) is 5.54 Å². The molecular weight excluding hydrogens is 212 g/mol. The Bertz CT molecular complexity index is 363. The number of hydrogen-bond donors (Lipinski definition) is 2. The molecule has 0 saturated heterocycles. The number of aromatic nitrogens is 2. The molecule has 1 aliphatic rings. The summed E-state index contributed by atoms with van der Waals surface area (Å²) in [6.07, 6.45) is 6.13. The van der Waals surface area contributed by atoms with Crippen LogP contribution in [0.1, 0.15) is 43.6 Å². The third-order valence-corrected chi connectivity index (χ3v) is 3.56. The normalized spacial score (nSPS) is 19.0. The molecule has 2 rings (SSSR count). The minimum Gasteiger partial charge on any atom is -0.363 e. The lowest BCUT2D eigenvalue weighted by Crippen LogP contribution is -2.47. The first kappa shape index (κ1) is 12.3. The van der Waals surface area contributed by atoms with Gasteiger partial charge in [-0.1, -0.05) is 19.3 Å². The van der Waals surface area contributed by atoms with E-state index in [2.05, 4.69) is 15.3 Å². The van der Waals surface area contributed by atoms with Gasteiger partial charge >= 0.3 is 0 Å². The van der Waals surface area contributed by atoms with Crippen molar-refractivity contribution < 1.29 is 0 Å². The van der Waals surface area contributed by atoms with E-state index in [1.807, 2.05) is 19.9 Å². The van der Waals surface area contributed by atoms with Crippen molar-refractivity contribution >= 4 is 5.82 Å². The number of anilines is 1. The molecule has 1 fully saturated rings. The molecule has 1 aromatic rings. The number of hydrogen-bond acceptors (Lipinski definition) is 4. The van der Waals surface area contributed by atoms with Gasteiger partial charge in [0.1, 0.15) is 11.6 Å². The quantitative estimate of drug-likeness (QED) is 0.841. The Balaban J connectivity index is 2.17. The number of nitrogens with one attached hydrogen (secondary N) is 1. The molecule has 3 N–H and O–H groups in total. The second kappa shape index (κ2) is 5.00. The van der Waals surface area contributed by atoms with E-state index in [4.69, 9.17) is 5.73 Å². The standard InChI is InChI=1S/C13H22N4/c1-10-8-12(16-11(2)15-10)17-13(9-14)6-4-3-5-7-13/h8H,3-7,9,14H2,1-2H3,(H,15,16,17). The molecule has 0 aromatic carbocycles. The molecule has 0 unspecified atom stereocenters. The first-order chi connectivity index (χ1) is 8.13. The fourth-order valence-electron chi connectivity index (χ4n) is 2.66. The van der Waals surface area contributed by atoms with Crippen molar-refractivity contribution in [2.45, 2.75) is 51.5 Å². The van der Waals surface area contributed by atoms with Gasteiger partial charge in [-0.25, -0.2) is 9.97 Å². The highest BCUT2D eigenvalue weighted by Crippen LogP contribution is 2.30. The Morgan fingerprint density at radius 2 is 1.94 bits per heavy atom. The highest BCUT2D eigenvalue weighted by molar-refractivity contribution is 5.39. The number of aryl methyl sites for hydroxylation is 2. The van der Waals surface area contributed by atoms with Gasteiger partial charge in [-0.2, -0.15) is 0 Å². The summed E-state index contributed by atoms with van der Waals surface area (Å²) >= 11 is 0. The minimum atomic E-state index is 0.0471. The second-order valence-corrected chi connectivity index (χ2v) is 5.11. The van der Waals surface area contributed by atoms with Gasteiger partial charge in [-0.15, -0.1) is 0 Å². The minimum absolute atomic E-state index is 0.0471. The molecule has 0 spiro atoms. The first-order valence-electron chi connectivity index (χ1n) is 6.44. The molecule has 1 heterocycles. The van der Waals surface area contributed by atoms with Gasteiger partial charge < -0.3 is 11.1 Å². The smallest absolute Gasteiger partial charge is 0.130 e. The Kier molecular flexibility index (Phi) is 3.62. The fraction of sp³-hybridized carbons (Fsp3) is 0.692. The van der Waals surface area contributed by atoms with Crippen LogP contribution in [-0.4, -0.2) is 22.1 Å². The Hall–Kier alpha value is -1.16. The second-order valence-electron chi connectivity index (χ2n) is 5.11. The maximum absolute atomic E-state index is 5.96. The largest absolute Gasteiger partial charge is 0.363 e. The fourth-order valence-corrected chi connectivity index (χ4v) is 2.66. The van der Waals surface area contributed by atoms with E-state index in [-0.39, 0.29) is 5.54 Å². The van der Waals surface area contributed by atoms with Gasteiger partial charge in [-0.05, 0) is 26.7 Å². The van der Waals surface area contributed by atoms with Crippen molar-refractivity contribution in [1.82, 2.24) is 9.97 Å². The number of nitrogens with zero attached hydrogens (tertiary/aromatic N) is 2.